The Balaban J connectivity index is 0.00000208. The number of alkyl halides is 2. The van der Waals surface area contributed by atoms with Gasteiger partial charge in [-0.25, -0.2) is 13.6 Å². The molecule has 1 aromatic carbocycles. The Bertz CT molecular complexity index is 629. The van der Waals surface area contributed by atoms with Gasteiger partial charge in [0.15, 0.2) is 0 Å². The number of halogens is 3. The number of hydrogen-bond acceptors (Lipinski definition) is 3. The van der Waals surface area contributed by atoms with Crippen molar-refractivity contribution in [3.63, 3.8) is 0 Å². The quantitative estimate of drug-likeness (QED) is 0.771. The summed E-state index contributed by atoms with van der Waals surface area (Å²) in [4.78, 5) is 25.5. The summed E-state index contributed by atoms with van der Waals surface area (Å²) in [6, 6.07) is 5.71. The molecule has 1 atom stereocenters. The summed E-state index contributed by atoms with van der Waals surface area (Å²) in [6.45, 7) is 0.756. The van der Waals surface area contributed by atoms with Crippen molar-refractivity contribution in [2.45, 2.75) is 24.8 Å². The molecule has 2 aliphatic rings. The average Bonchev–Trinajstić information content (AvgIpc) is 2.88. The van der Waals surface area contributed by atoms with Crippen LogP contribution in [0.15, 0.2) is 24.3 Å². The molecule has 0 saturated carbocycles. The van der Waals surface area contributed by atoms with Crippen molar-refractivity contribution in [1.82, 2.24) is 10.6 Å². The smallest absolute Gasteiger partial charge is 0.321 e. The van der Waals surface area contributed by atoms with E-state index in [1.54, 1.807) is 29.2 Å². The van der Waals surface area contributed by atoms with Gasteiger partial charge in [-0.15, -0.1) is 12.4 Å². The molecule has 3 amide bonds. The molecule has 2 saturated heterocycles. The number of rotatable bonds is 3. The Labute approximate surface area is 144 Å². The molecule has 2 fully saturated rings. The summed E-state index contributed by atoms with van der Waals surface area (Å²) in [5, 5.41) is 7.89. The second-order valence-electron chi connectivity index (χ2n) is 5.77. The monoisotopic (exact) mass is 360 g/mol. The third-order valence-electron chi connectivity index (χ3n) is 3.93. The highest BCUT2D eigenvalue weighted by atomic mass is 35.5. The Hall–Kier alpha value is -1.93. The second-order valence-corrected chi connectivity index (χ2v) is 5.77. The first kappa shape index (κ1) is 18.4. The van der Waals surface area contributed by atoms with E-state index in [-0.39, 0.29) is 18.4 Å². The number of benzene rings is 1. The van der Waals surface area contributed by atoms with Gasteiger partial charge in [0, 0.05) is 30.9 Å². The van der Waals surface area contributed by atoms with Gasteiger partial charge < -0.3 is 10.6 Å². The van der Waals surface area contributed by atoms with Crippen molar-refractivity contribution in [2.24, 2.45) is 0 Å². The Morgan fingerprint density at radius 1 is 1.38 bits per heavy atom. The average molecular weight is 361 g/mol. The SMILES string of the molecule is Cl.O=C(Nc1cccc(N2CCCNC2=O)c1)C1CC(F)(F)CN1. The minimum atomic E-state index is -2.85. The van der Waals surface area contributed by atoms with Gasteiger partial charge >= 0.3 is 6.03 Å². The molecule has 2 aliphatic heterocycles. The van der Waals surface area contributed by atoms with Gasteiger partial charge in [0.05, 0.1) is 12.6 Å². The summed E-state index contributed by atoms with van der Waals surface area (Å²) in [5.74, 6) is -3.35. The van der Waals surface area contributed by atoms with Crippen LogP contribution in [0.3, 0.4) is 0 Å². The van der Waals surface area contributed by atoms with Crippen LogP contribution in [-0.4, -0.2) is 43.5 Å². The Kier molecular flexibility index (Phi) is 5.61. The van der Waals surface area contributed by atoms with Crippen molar-refractivity contribution < 1.29 is 18.4 Å². The number of amides is 3. The van der Waals surface area contributed by atoms with Crippen LogP contribution >= 0.6 is 12.4 Å². The van der Waals surface area contributed by atoms with E-state index in [0.29, 0.717) is 24.5 Å². The van der Waals surface area contributed by atoms with Gasteiger partial charge in [-0.05, 0) is 24.6 Å². The molecule has 0 aliphatic carbocycles. The number of carbonyl (C=O) groups is 2. The molecule has 0 aromatic heterocycles. The summed E-state index contributed by atoms with van der Waals surface area (Å²) >= 11 is 0. The minimum Gasteiger partial charge on any atom is -0.338 e. The molecule has 3 rings (SSSR count). The lowest BCUT2D eigenvalue weighted by Crippen LogP contribution is -2.46. The van der Waals surface area contributed by atoms with E-state index >= 15 is 0 Å². The number of hydrogen-bond donors (Lipinski definition) is 3. The predicted octanol–water partition coefficient (Wildman–Crippen LogP) is 1.96. The zero-order valence-electron chi connectivity index (χ0n) is 12.9. The van der Waals surface area contributed by atoms with Gasteiger partial charge in [-0.2, -0.15) is 0 Å². The molecule has 1 unspecified atom stereocenters. The molecule has 9 heteroatoms. The van der Waals surface area contributed by atoms with Gasteiger partial charge in [0.1, 0.15) is 0 Å². The van der Waals surface area contributed by atoms with Crippen LogP contribution in [0.5, 0.6) is 0 Å². The van der Waals surface area contributed by atoms with Crippen molar-refractivity contribution in [1.29, 1.82) is 0 Å². The van der Waals surface area contributed by atoms with E-state index < -0.39 is 30.8 Å². The highest BCUT2D eigenvalue weighted by Gasteiger charge is 2.42. The topological polar surface area (TPSA) is 73.5 Å². The summed E-state index contributed by atoms with van der Waals surface area (Å²) in [5.41, 5.74) is 1.13. The molecule has 2 heterocycles. The van der Waals surface area contributed by atoms with Crippen molar-refractivity contribution in [2.75, 3.05) is 29.9 Å². The van der Waals surface area contributed by atoms with Crippen LogP contribution in [0.1, 0.15) is 12.8 Å². The lowest BCUT2D eigenvalue weighted by Gasteiger charge is -2.27. The third kappa shape index (κ3) is 4.12. The maximum atomic E-state index is 13.2. The molecule has 6 nitrogen and oxygen atoms in total. The zero-order valence-corrected chi connectivity index (χ0v) is 13.7. The van der Waals surface area contributed by atoms with E-state index in [0.717, 1.165) is 6.42 Å². The molecule has 0 bridgehead atoms. The minimum absolute atomic E-state index is 0. The fraction of sp³-hybridized carbons (Fsp3) is 0.467. The fourth-order valence-corrected chi connectivity index (χ4v) is 2.76. The van der Waals surface area contributed by atoms with Gasteiger partial charge in [0.2, 0.25) is 5.91 Å². The molecule has 0 spiro atoms. The van der Waals surface area contributed by atoms with Crippen LogP contribution < -0.4 is 20.9 Å². The van der Waals surface area contributed by atoms with E-state index in [4.69, 9.17) is 0 Å². The number of urea groups is 1. The first-order valence-corrected chi connectivity index (χ1v) is 7.52. The molecule has 24 heavy (non-hydrogen) atoms. The number of nitrogens with zero attached hydrogens (tertiary/aromatic N) is 1. The first-order valence-electron chi connectivity index (χ1n) is 7.52. The maximum Gasteiger partial charge on any atom is 0.321 e. The van der Waals surface area contributed by atoms with Crippen molar-refractivity contribution in [3.8, 4) is 0 Å². The summed E-state index contributed by atoms with van der Waals surface area (Å²) in [7, 11) is 0. The van der Waals surface area contributed by atoms with E-state index in [1.807, 2.05) is 0 Å². The van der Waals surface area contributed by atoms with Gasteiger partial charge in [0.25, 0.3) is 5.92 Å². The van der Waals surface area contributed by atoms with Gasteiger partial charge in [-0.1, -0.05) is 6.07 Å². The zero-order chi connectivity index (χ0) is 16.4. The summed E-state index contributed by atoms with van der Waals surface area (Å²) < 4.78 is 26.3. The van der Waals surface area contributed by atoms with Crippen LogP contribution in [0, 0.1) is 0 Å². The lowest BCUT2D eigenvalue weighted by atomic mass is 10.1. The first-order chi connectivity index (χ1) is 10.9. The standard InChI is InChI=1S/C15H18F2N4O2.ClH/c16-15(17)8-12(19-9-15)13(22)20-10-3-1-4-11(7-10)21-6-2-5-18-14(21)23;/h1,3-4,7,12,19H,2,5-6,8-9H2,(H,18,23)(H,20,22);1H. The number of anilines is 2. The molecule has 132 valence electrons. The van der Waals surface area contributed by atoms with E-state index in [9.17, 15) is 18.4 Å². The van der Waals surface area contributed by atoms with Crippen LogP contribution in [0.25, 0.3) is 0 Å². The van der Waals surface area contributed by atoms with Crippen LogP contribution in [0.4, 0.5) is 25.0 Å². The van der Waals surface area contributed by atoms with E-state index in [2.05, 4.69) is 16.0 Å². The number of carbonyl (C=O) groups excluding carboxylic acids is 2. The molecular formula is C15H19ClF2N4O2. The second kappa shape index (κ2) is 7.31. The molecule has 0 radical (unpaired) electrons. The third-order valence-corrected chi connectivity index (χ3v) is 3.93. The maximum absolute atomic E-state index is 13.2. The van der Waals surface area contributed by atoms with Gasteiger partial charge in [-0.3, -0.25) is 15.0 Å². The normalized spacial score (nSPS) is 22.5. The molecule has 1 aromatic rings. The fourth-order valence-electron chi connectivity index (χ4n) is 2.76. The van der Waals surface area contributed by atoms with Crippen LogP contribution in [0.2, 0.25) is 0 Å². The Morgan fingerprint density at radius 3 is 2.83 bits per heavy atom. The highest BCUT2D eigenvalue weighted by molar-refractivity contribution is 5.97. The Morgan fingerprint density at radius 2 is 2.17 bits per heavy atom. The number of nitrogens with one attached hydrogen (secondary N) is 3. The highest BCUT2D eigenvalue weighted by Crippen LogP contribution is 2.26. The van der Waals surface area contributed by atoms with Crippen molar-refractivity contribution >= 4 is 35.7 Å². The summed E-state index contributed by atoms with van der Waals surface area (Å²) in [6.07, 6.45) is 0.330. The predicted molar refractivity (Wildman–Crippen MR) is 89.0 cm³/mol. The lowest BCUT2D eigenvalue weighted by molar-refractivity contribution is -0.118. The molecular weight excluding hydrogens is 342 g/mol. The molecule has 3 N–H and O–H groups in total. The van der Waals surface area contributed by atoms with Crippen LogP contribution in [-0.2, 0) is 4.79 Å². The largest absolute Gasteiger partial charge is 0.338 e. The van der Waals surface area contributed by atoms with Crippen molar-refractivity contribution in [3.05, 3.63) is 24.3 Å². The van der Waals surface area contributed by atoms with E-state index in [1.165, 1.54) is 0 Å².